The SMILES string of the molecule is CCOC(=O)c1c(-c2ccc(Br)cc2)csc1NC(=O)C=Cc1ccc(Cl)cc1Cl. The van der Waals surface area contributed by atoms with Gasteiger partial charge in [0.15, 0.2) is 0 Å². The Morgan fingerprint density at radius 2 is 1.90 bits per heavy atom. The lowest BCUT2D eigenvalue weighted by Gasteiger charge is -2.08. The fourth-order valence-electron chi connectivity index (χ4n) is 2.65. The molecule has 0 radical (unpaired) electrons. The summed E-state index contributed by atoms with van der Waals surface area (Å²) in [5.74, 6) is -0.882. The van der Waals surface area contributed by atoms with Gasteiger partial charge in [-0.15, -0.1) is 11.3 Å². The predicted molar refractivity (Wildman–Crippen MR) is 128 cm³/mol. The van der Waals surface area contributed by atoms with Gasteiger partial charge in [0.05, 0.1) is 6.61 Å². The molecule has 0 aliphatic carbocycles. The summed E-state index contributed by atoms with van der Waals surface area (Å²) in [5, 5.41) is 5.96. The summed E-state index contributed by atoms with van der Waals surface area (Å²) < 4.78 is 6.14. The molecule has 0 aliphatic heterocycles. The van der Waals surface area contributed by atoms with Crippen LogP contribution in [0.4, 0.5) is 5.00 Å². The van der Waals surface area contributed by atoms with Crippen LogP contribution in [0.2, 0.25) is 10.0 Å². The highest BCUT2D eigenvalue weighted by Gasteiger charge is 2.22. The van der Waals surface area contributed by atoms with E-state index in [0.29, 0.717) is 31.7 Å². The van der Waals surface area contributed by atoms with E-state index in [1.165, 1.54) is 17.4 Å². The van der Waals surface area contributed by atoms with Crippen molar-refractivity contribution in [3.8, 4) is 11.1 Å². The van der Waals surface area contributed by atoms with Crippen LogP contribution in [0.5, 0.6) is 0 Å². The van der Waals surface area contributed by atoms with Crippen molar-refractivity contribution in [1.29, 1.82) is 0 Å². The van der Waals surface area contributed by atoms with E-state index in [4.69, 9.17) is 27.9 Å². The summed E-state index contributed by atoms with van der Waals surface area (Å²) in [7, 11) is 0. The first-order chi connectivity index (χ1) is 14.4. The van der Waals surface area contributed by atoms with Crippen LogP contribution in [0, 0.1) is 0 Å². The molecule has 8 heteroatoms. The Balaban J connectivity index is 1.87. The topological polar surface area (TPSA) is 55.4 Å². The van der Waals surface area contributed by atoms with Crippen molar-refractivity contribution in [1.82, 2.24) is 0 Å². The number of carbonyl (C=O) groups is 2. The standard InChI is InChI=1S/C22H16BrCl2NO3S/c1-2-29-22(28)20-17(13-3-7-15(23)8-4-13)12-30-21(20)26-19(27)10-6-14-5-9-16(24)11-18(14)25/h3-12H,2H2,1H3,(H,26,27). The van der Waals surface area contributed by atoms with E-state index in [1.54, 1.807) is 31.2 Å². The highest BCUT2D eigenvalue weighted by molar-refractivity contribution is 9.10. The minimum atomic E-state index is -0.489. The maximum Gasteiger partial charge on any atom is 0.341 e. The molecule has 3 rings (SSSR count). The molecular weight excluding hydrogens is 509 g/mol. The molecule has 30 heavy (non-hydrogen) atoms. The van der Waals surface area contributed by atoms with Gasteiger partial charge in [-0.05, 0) is 48.4 Å². The average molecular weight is 525 g/mol. The number of benzene rings is 2. The summed E-state index contributed by atoms with van der Waals surface area (Å²) in [5.41, 5.74) is 2.53. The molecule has 2 aromatic carbocycles. The van der Waals surface area contributed by atoms with Gasteiger partial charge < -0.3 is 10.1 Å². The molecule has 0 saturated carbocycles. The summed E-state index contributed by atoms with van der Waals surface area (Å²) in [6.07, 6.45) is 2.93. The number of carbonyl (C=O) groups excluding carboxylic acids is 2. The lowest BCUT2D eigenvalue weighted by molar-refractivity contribution is -0.111. The fourth-order valence-corrected chi connectivity index (χ4v) is 4.35. The van der Waals surface area contributed by atoms with Gasteiger partial charge in [-0.1, -0.05) is 57.3 Å². The Kier molecular flexibility index (Phi) is 7.72. The van der Waals surface area contributed by atoms with Crippen LogP contribution in [0.15, 0.2) is 58.4 Å². The molecule has 1 heterocycles. The zero-order chi connectivity index (χ0) is 21.7. The zero-order valence-electron chi connectivity index (χ0n) is 15.7. The second kappa shape index (κ2) is 10.3. The summed E-state index contributed by atoms with van der Waals surface area (Å²) in [6.45, 7) is 1.97. The molecule has 0 unspecified atom stereocenters. The van der Waals surface area contributed by atoms with Gasteiger partial charge in [-0.3, -0.25) is 4.79 Å². The second-order valence-electron chi connectivity index (χ2n) is 6.07. The van der Waals surface area contributed by atoms with Crippen LogP contribution in [0.1, 0.15) is 22.8 Å². The van der Waals surface area contributed by atoms with Gasteiger partial charge in [-0.25, -0.2) is 4.79 Å². The van der Waals surface area contributed by atoms with Crippen molar-refractivity contribution in [3.05, 3.63) is 79.6 Å². The van der Waals surface area contributed by atoms with E-state index in [9.17, 15) is 9.59 Å². The van der Waals surface area contributed by atoms with Gasteiger partial charge in [0, 0.05) is 31.5 Å². The number of hydrogen-bond donors (Lipinski definition) is 1. The number of amides is 1. The highest BCUT2D eigenvalue weighted by atomic mass is 79.9. The van der Waals surface area contributed by atoms with Crippen molar-refractivity contribution >= 4 is 73.4 Å². The zero-order valence-corrected chi connectivity index (χ0v) is 19.7. The van der Waals surface area contributed by atoms with E-state index >= 15 is 0 Å². The number of thiophene rings is 1. The maximum atomic E-state index is 12.6. The molecule has 1 aromatic heterocycles. The van der Waals surface area contributed by atoms with Crippen LogP contribution in [-0.4, -0.2) is 18.5 Å². The minimum absolute atomic E-state index is 0.233. The Labute approximate surface area is 196 Å². The van der Waals surface area contributed by atoms with Gasteiger partial charge in [0.1, 0.15) is 10.6 Å². The molecule has 0 saturated heterocycles. The normalized spacial score (nSPS) is 10.9. The van der Waals surface area contributed by atoms with E-state index in [2.05, 4.69) is 21.2 Å². The van der Waals surface area contributed by atoms with Crippen molar-refractivity contribution in [2.45, 2.75) is 6.92 Å². The van der Waals surface area contributed by atoms with Crippen LogP contribution in [0.3, 0.4) is 0 Å². The molecule has 0 spiro atoms. The number of ether oxygens (including phenoxy) is 1. The van der Waals surface area contributed by atoms with Gasteiger partial charge in [0.25, 0.3) is 0 Å². The van der Waals surface area contributed by atoms with E-state index in [1.807, 2.05) is 29.6 Å². The first-order valence-electron chi connectivity index (χ1n) is 8.87. The van der Waals surface area contributed by atoms with Crippen LogP contribution in [0.25, 0.3) is 17.2 Å². The number of esters is 1. The summed E-state index contributed by atoms with van der Waals surface area (Å²) >= 11 is 16.7. The van der Waals surface area contributed by atoms with E-state index < -0.39 is 11.9 Å². The highest BCUT2D eigenvalue weighted by Crippen LogP contribution is 2.36. The number of rotatable bonds is 6. The molecule has 1 N–H and O–H groups in total. The molecule has 154 valence electrons. The average Bonchev–Trinajstić information content (AvgIpc) is 3.11. The molecular formula is C22H16BrCl2NO3S. The van der Waals surface area contributed by atoms with Crippen LogP contribution < -0.4 is 5.32 Å². The van der Waals surface area contributed by atoms with Crippen LogP contribution >= 0.6 is 50.5 Å². The minimum Gasteiger partial charge on any atom is -0.462 e. The Bertz CT molecular complexity index is 1110. The molecule has 0 bridgehead atoms. The first-order valence-corrected chi connectivity index (χ1v) is 11.3. The number of nitrogens with one attached hydrogen (secondary N) is 1. The van der Waals surface area contributed by atoms with Gasteiger partial charge in [0.2, 0.25) is 5.91 Å². The largest absolute Gasteiger partial charge is 0.462 e. The van der Waals surface area contributed by atoms with Gasteiger partial charge in [-0.2, -0.15) is 0 Å². The first kappa shape index (κ1) is 22.6. The lowest BCUT2D eigenvalue weighted by atomic mass is 10.0. The molecule has 0 aliphatic rings. The van der Waals surface area contributed by atoms with Crippen LogP contribution in [-0.2, 0) is 9.53 Å². The monoisotopic (exact) mass is 523 g/mol. The summed E-state index contributed by atoms with van der Waals surface area (Å²) in [6, 6.07) is 12.6. The maximum absolute atomic E-state index is 12.6. The number of anilines is 1. The molecule has 3 aromatic rings. The molecule has 1 amide bonds. The van der Waals surface area contributed by atoms with Crippen molar-refractivity contribution in [2.75, 3.05) is 11.9 Å². The Hall–Kier alpha value is -2.12. The lowest BCUT2D eigenvalue weighted by Crippen LogP contribution is -2.12. The van der Waals surface area contributed by atoms with Crippen molar-refractivity contribution in [3.63, 3.8) is 0 Å². The summed E-state index contributed by atoms with van der Waals surface area (Å²) in [4.78, 5) is 25.1. The van der Waals surface area contributed by atoms with E-state index in [-0.39, 0.29) is 6.61 Å². The number of hydrogen-bond acceptors (Lipinski definition) is 4. The Morgan fingerprint density at radius 3 is 2.57 bits per heavy atom. The fraction of sp³-hybridized carbons (Fsp3) is 0.0909. The predicted octanol–water partition coefficient (Wildman–Crippen LogP) is 7.31. The molecule has 4 nitrogen and oxygen atoms in total. The smallest absolute Gasteiger partial charge is 0.341 e. The third kappa shape index (κ3) is 5.52. The third-order valence-electron chi connectivity index (χ3n) is 4.04. The third-order valence-corrected chi connectivity index (χ3v) is 6.03. The quantitative estimate of drug-likeness (QED) is 0.271. The molecule has 0 fully saturated rings. The Morgan fingerprint density at radius 1 is 1.17 bits per heavy atom. The second-order valence-corrected chi connectivity index (χ2v) is 8.71. The van der Waals surface area contributed by atoms with Crippen molar-refractivity contribution < 1.29 is 14.3 Å². The van der Waals surface area contributed by atoms with Crippen molar-refractivity contribution in [2.24, 2.45) is 0 Å². The molecule has 0 atom stereocenters. The van der Waals surface area contributed by atoms with E-state index in [0.717, 1.165) is 10.0 Å². The number of halogens is 3. The van der Waals surface area contributed by atoms with Gasteiger partial charge >= 0.3 is 5.97 Å².